The molecule has 1 aliphatic rings. The van der Waals surface area contributed by atoms with Crippen molar-refractivity contribution >= 4 is 21.6 Å². The molecule has 140 valence electrons. The summed E-state index contributed by atoms with van der Waals surface area (Å²) in [5.74, 6) is 1.09. The van der Waals surface area contributed by atoms with Gasteiger partial charge in [-0.15, -0.1) is 0 Å². The van der Waals surface area contributed by atoms with Gasteiger partial charge < -0.3 is 9.80 Å². The van der Waals surface area contributed by atoms with Crippen LogP contribution in [-0.4, -0.2) is 61.4 Å². The van der Waals surface area contributed by atoms with Gasteiger partial charge in [0.25, 0.3) is 5.91 Å². The Hall–Kier alpha value is -1.63. The molecule has 25 heavy (non-hydrogen) atoms. The standard InChI is InChI=1S/C18H29N3O3S/c1-4-10-20(11-5-2)18(22)15-7-9-19-17(13-15)21(6-3)16-8-12-25(23,24)14-16/h7,9,13,16H,4-6,8,10-12,14H2,1-3H3. The van der Waals surface area contributed by atoms with Crippen molar-refractivity contribution < 1.29 is 13.2 Å². The number of rotatable bonds is 8. The van der Waals surface area contributed by atoms with Crippen molar-refractivity contribution in [3.63, 3.8) is 0 Å². The highest BCUT2D eigenvalue weighted by Gasteiger charge is 2.32. The van der Waals surface area contributed by atoms with Crippen molar-refractivity contribution in [2.45, 2.75) is 46.1 Å². The number of sulfone groups is 1. The molecular weight excluding hydrogens is 338 g/mol. The van der Waals surface area contributed by atoms with Gasteiger partial charge in [0.2, 0.25) is 0 Å². The molecule has 0 N–H and O–H groups in total. The van der Waals surface area contributed by atoms with Gasteiger partial charge in [-0.25, -0.2) is 13.4 Å². The number of carbonyl (C=O) groups excluding carboxylic acids is 1. The van der Waals surface area contributed by atoms with E-state index in [1.54, 1.807) is 18.3 Å². The van der Waals surface area contributed by atoms with E-state index < -0.39 is 9.84 Å². The number of hydrogen-bond acceptors (Lipinski definition) is 5. The van der Waals surface area contributed by atoms with Gasteiger partial charge in [-0.3, -0.25) is 4.79 Å². The molecule has 1 unspecified atom stereocenters. The number of aromatic nitrogens is 1. The van der Waals surface area contributed by atoms with Crippen molar-refractivity contribution in [2.75, 3.05) is 36.0 Å². The van der Waals surface area contributed by atoms with E-state index in [0.29, 0.717) is 24.3 Å². The van der Waals surface area contributed by atoms with Gasteiger partial charge >= 0.3 is 0 Å². The largest absolute Gasteiger partial charge is 0.353 e. The Balaban J connectivity index is 2.23. The molecule has 6 nitrogen and oxygen atoms in total. The number of amides is 1. The number of carbonyl (C=O) groups is 1. The highest BCUT2D eigenvalue weighted by Crippen LogP contribution is 2.23. The zero-order valence-electron chi connectivity index (χ0n) is 15.4. The number of anilines is 1. The van der Waals surface area contributed by atoms with Crippen LogP contribution in [0.15, 0.2) is 18.3 Å². The highest BCUT2D eigenvalue weighted by atomic mass is 32.2. The molecule has 0 bridgehead atoms. The molecule has 0 aromatic carbocycles. The van der Waals surface area contributed by atoms with Crippen LogP contribution in [0.1, 0.15) is 50.4 Å². The molecule has 1 amide bonds. The predicted molar refractivity (Wildman–Crippen MR) is 101 cm³/mol. The molecular formula is C18H29N3O3S. The van der Waals surface area contributed by atoms with E-state index in [1.165, 1.54) is 0 Å². The van der Waals surface area contributed by atoms with Crippen molar-refractivity contribution in [1.29, 1.82) is 0 Å². The van der Waals surface area contributed by atoms with Crippen LogP contribution in [0.25, 0.3) is 0 Å². The lowest BCUT2D eigenvalue weighted by Crippen LogP contribution is -2.37. The third kappa shape index (κ3) is 4.93. The molecule has 1 saturated heterocycles. The smallest absolute Gasteiger partial charge is 0.254 e. The Kier molecular flexibility index (Phi) is 6.81. The van der Waals surface area contributed by atoms with Crippen LogP contribution >= 0.6 is 0 Å². The van der Waals surface area contributed by atoms with E-state index >= 15 is 0 Å². The Labute approximate surface area is 151 Å². The maximum Gasteiger partial charge on any atom is 0.254 e. The predicted octanol–water partition coefficient (Wildman–Crippen LogP) is 2.36. The fourth-order valence-corrected chi connectivity index (χ4v) is 5.10. The number of hydrogen-bond donors (Lipinski definition) is 0. The number of pyridine rings is 1. The van der Waals surface area contributed by atoms with E-state index in [2.05, 4.69) is 18.8 Å². The monoisotopic (exact) mass is 367 g/mol. The normalized spacial score (nSPS) is 18.9. The SMILES string of the molecule is CCCN(CCC)C(=O)c1ccnc(N(CC)C2CCS(=O)(=O)C2)c1. The minimum atomic E-state index is -2.96. The second-order valence-electron chi connectivity index (χ2n) is 6.54. The zero-order valence-corrected chi connectivity index (χ0v) is 16.3. The van der Waals surface area contributed by atoms with Crippen LogP contribution < -0.4 is 4.90 Å². The lowest BCUT2D eigenvalue weighted by Gasteiger charge is -2.28. The Bertz CT molecular complexity index is 685. The van der Waals surface area contributed by atoms with E-state index in [-0.39, 0.29) is 23.5 Å². The van der Waals surface area contributed by atoms with Gasteiger partial charge in [-0.05, 0) is 38.3 Å². The Morgan fingerprint density at radius 1 is 1.24 bits per heavy atom. The topological polar surface area (TPSA) is 70.6 Å². The molecule has 7 heteroatoms. The summed E-state index contributed by atoms with van der Waals surface area (Å²) in [6.45, 7) is 8.26. The fourth-order valence-electron chi connectivity index (χ4n) is 3.37. The molecule has 1 fully saturated rings. The Morgan fingerprint density at radius 2 is 1.92 bits per heavy atom. The summed E-state index contributed by atoms with van der Waals surface area (Å²) >= 11 is 0. The molecule has 1 aliphatic heterocycles. The summed E-state index contributed by atoms with van der Waals surface area (Å²) in [4.78, 5) is 21.1. The first-order chi connectivity index (χ1) is 11.9. The molecule has 0 aliphatic carbocycles. The van der Waals surface area contributed by atoms with Gasteiger partial charge in [-0.1, -0.05) is 13.8 Å². The quantitative estimate of drug-likeness (QED) is 0.705. The van der Waals surface area contributed by atoms with Gasteiger partial charge in [0, 0.05) is 37.4 Å². The third-order valence-electron chi connectivity index (χ3n) is 4.55. The van der Waals surface area contributed by atoms with Crippen molar-refractivity contribution in [2.24, 2.45) is 0 Å². The maximum absolute atomic E-state index is 12.8. The average molecular weight is 368 g/mol. The van der Waals surface area contributed by atoms with Crippen LogP contribution in [-0.2, 0) is 9.84 Å². The van der Waals surface area contributed by atoms with Crippen LogP contribution in [0.4, 0.5) is 5.82 Å². The van der Waals surface area contributed by atoms with E-state index in [4.69, 9.17) is 0 Å². The van der Waals surface area contributed by atoms with Crippen molar-refractivity contribution in [3.8, 4) is 0 Å². The van der Waals surface area contributed by atoms with Gasteiger partial charge in [0.1, 0.15) is 5.82 Å². The zero-order chi connectivity index (χ0) is 18.4. The first kappa shape index (κ1) is 19.7. The second kappa shape index (κ2) is 8.65. The summed E-state index contributed by atoms with van der Waals surface area (Å²) in [5, 5.41) is 0. The van der Waals surface area contributed by atoms with Crippen LogP contribution in [0.5, 0.6) is 0 Å². The molecule has 0 saturated carbocycles. The highest BCUT2D eigenvalue weighted by molar-refractivity contribution is 7.91. The van der Waals surface area contributed by atoms with Crippen molar-refractivity contribution in [3.05, 3.63) is 23.9 Å². The maximum atomic E-state index is 12.8. The summed E-state index contributed by atoms with van der Waals surface area (Å²) in [6, 6.07) is 3.48. The lowest BCUT2D eigenvalue weighted by molar-refractivity contribution is 0.0755. The van der Waals surface area contributed by atoms with Crippen LogP contribution in [0.2, 0.25) is 0 Å². The molecule has 2 rings (SSSR count). The molecule has 1 aromatic rings. The van der Waals surface area contributed by atoms with Crippen LogP contribution in [0, 0.1) is 0 Å². The van der Waals surface area contributed by atoms with Crippen molar-refractivity contribution in [1.82, 2.24) is 9.88 Å². The van der Waals surface area contributed by atoms with E-state index in [0.717, 1.165) is 25.9 Å². The third-order valence-corrected chi connectivity index (χ3v) is 6.30. The number of nitrogens with zero attached hydrogens (tertiary/aromatic N) is 3. The molecule has 0 radical (unpaired) electrons. The van der Waals surface area contributed by atoms with E-state index in [1.807, 2.05) is 16.7 Å². The fraction of sp³-hybridized carbons (Fsp3) is 0.667. The minimum absolute atomic E-state index is 0.0162. The van der Waals surface area contributed by atoms with Gasteiger partial charge in [0.05, 0.1) is 11.5 Å². The summed E-state index contributed by atoms with van der Waals surface area (Å²) in [7, 11) is -2.96. The van der Waals surface area contributed by atoms with Gasteiger partial charge in [-0.2, -0.15) is 0 Å². The minimum Gasteiger partial charge on any atom is -0.353 e. The summed E-state index contributed by atoms with van der Waals surface area (Å²) in [6.07, 6.45) is 4.11. The lowest BCUT2D eigenvalue weighted by atomic mass is 10.1. The first-order valence-electron chi connectivity index (χ1n) is 9.14. The molecule has 0 spiro atoms. The van der Waals surface area contributed by atoms with Gasteiger partial charge in [0.15, 0.2) is 9.84 Å². The molecule has 1 atom stereocenters. The van der Waals surface area contributed by atoms with Crippen LogP contribution in [0.3, 0.4) is 0 Å². The molecule has 2 heterocycles. The molecule has 1 aromatic heterocycles. The first-order valence-corrected chi connectivity index (χ1v) is 11.0. The Morgan fingerprint density at radius 3 is 2.44 bits per heavy atom. The van der Waals surface area contributed by atoms with E-state index in [9.17, 15) is 13.2 Å². The summed E-state index contributed by atoms with van der Waals surface area (Å²) < 4.78 is 23.6. The average Bonchev–Trinajstić information content (AvgIpc) is 2.94. The second-order valence-corrected chi connectivity index (χ2v) is 8.77. The summed E-state index contributed by atoms with van der Waals surface area (Å²) in [5.41, 5.74) is 0.617.